The van der Waals surface area contributed by atoms with Crippen LogP contribution in [0.4, 0.5) is 0 Å². The maximum Gasteiger partial charge on any atom is 0.328 e. The molecule has 6 heteroatoms. The number of aliphatic hydroxyl groups is 1. The minimum Gasteiger partial charge on any atom is -0.478 e. The van der Waals surface area contributed by atoms with Crippen molar-refractivity contribution < 1.29 is 24.9 Å². The SMILES string of the molecule is CC(N)O.O=C(O)C=CC(=O)O. The number of rotatable bonds is 2. The molecule has 0 fully saturated rings. The fourth-order valence-electron chi connectivity index (χ4n) is 0.143. The van der Waals surface area contributed by atoms with Crippen molar-refractivity contribution >= 4 is 11.9 Å². The van der Waals surface area contributed by atoms with E-state index in [2.05, 4.69) is 5.73 Å². The van der Waals surface area contributed by atoms with Gasteiger partial charge in [0, 0.05) is 12.2 Å². The van der Waals surface area contributed by atoms with Crippen molar-refractivity contribution in [3.05, 3.63) is 12.2 Å². The smallest absolute Gasteiger partial charge is 0.328 e. The molecule has 0 aromatic rings. The lowest BCUT2D eigenvalue weighted by Gasteiger charge is -1.82. The molecule has 0 aliphatic heterocycles. The van der Waals surface area contributed by atoms with E-state index in [0.717, 1.165) is 0 Å². The minimum atomic E-state index is -1.26. The summed E-state index contributed by atoms with van der Waals surface area (Å²) in [5, 5.41) is 23.5. The molecular weight excluding hydrogens is 166 g/mol. The summed E-state index contributed by atoms with van der Waals surface area (Å²) in [4.78, 5) is 19.1. The molecule has 0 bridgehead atoms. The fraction of sp³-hybridized carbons (Fsp3) is 0.333. The summed E-state index contributed by atoms with van der Waals surface area (Å²) in [6.07, 6.45) is 0.449. The third kappa shape index (κ3) is 38.3. The molecule has 0 saturated carbocycles. The van der Waals surface area contributed by atoms with E-state index in [0.29, 0.717) is 12.2 Å². The van der Waals surface area contributed by atoms with E-state index in [1.165, 1.54) is 6.92 Å². The molecule has 1 atom stereocenters. The Balaban J connectivity index is 0. The standard InChI is InChI=1S/C4H4O4.C2H7NO/c5-3(6)1-2-4(7)8;1-2(3)4/h1-2H,(H,5,6)(H,7,8);2,4H,3H2,1H3. The van der Waals surface area contributed by atoms with Crippen molar-refractivity contribution in [1.29, 1.82) is 0 Å². The van der Waals surface area contributed by atoms with Crippen LogP contribution < -0.4 is 5.73 Å². The van der Waals surface area contributed by atoms with E-state index in [9.17, 15) is 9.59 Å². The zero-order valence-electron chi connectivity index (χ0n) is 6.47. The predicted octanol–water partition coefficient (Wildman–Crippen LogP) is -1.00. The Hall–Kier alpha value is -1.40. The molecule has 0 saturated heterocycles. The van der Waals surface area contributed by atoms with Crippen LogP contribution in [0.2, 0.25) is 0 Å². The molecule has 0 aromatic carbocycles. The molecule has 0 radical (unpaired) electrons. The maximum absolute atomic E-state index is 9.55. The Morgan fingerprint density at radius 3 is 1.50 bits per heavy atom. The van der Waals surface area contributed by atoms with E-state index >= 15 is 0 Å². The summed E-state index contributed by atoms with van der Waals surface area (Å²) in [5.41, 5.74) is 4.67. The third-order valence-electron chi connectivity index (χ3n) is 0.368. The van der Waals surface area contributed by atoms with Gasteiger partial charge in [0.15, 0.2) is 0 Å². The Morgan fingerprint density at radius 1 is 1.25 bits per heavy atom. The zero-order chi connectivity index (χ0) is 10.1. The van der Waals surface area contributed by atoms with Gasteiger partial charge < -0.3 is 21.1 Å². The Kier molecular flexibility index (Phi) is 8.48. The lowest BCUT2D eigenvalue weighted by atomic mass is 10.5. The second kappa shape index (κ2) is 7.70. The predicted molar refractivity (Wildman–Crippen MR) is 40.3 cm³/mol. The van der Waals surface area contributed by atoms with Gasteiger partial charge in [-0.05, 0) is 6.92 Å². The molecule has 0 heterocycles. The Bertz CT molecular complexity index is 156. The quantitative estimate of drug-likeness (QED) is 0.317. The number of aliphatic carboxylic acids is 2. The zero-order valence-corrected chi connectivity index (χ0v) is 6.47. The first kappa shape index (κ1) is 13.2. The number of hydrogen-bond acceptors (Lipinski definition) is 4. The number of carboxylic acids is 2. The second-order valence-electron chi connectivity index (χ2n) is 1.75. The molecular formula is C6H11NO5. The highest BCUT2D eigenvalue weighted by atomic mass is 16.4. The molecule has 6 nitrogen and oxygen atoms in total. The lowest BCUT2D eigenvalue weighted by Crippen LogP contribution is -2.11. The molecule has 0 aromatic heterocycles. The normalized spacial score (nSPS) is 11.6. The Labute approximate surface area is 68.9 Å². The van der Waals surface area contributed by atoms with Crippen LogP contribution in [0.1, 0.15) is 6.92 Å². The van der Waals surface area contributed by atoms with Crippen molar-refractivity contribution in [2.45, 2.75) is 13.2 Å². The van der Waals surface area contributed by atoms with Crippen molar-refractivity contribution in [2.24, 2.45) is 5.73 Å². The summed E-state index contributed by atoms with van der Waals surface area (Å²) in [7, 11) is 0. The van der Waals surface area contributed by atoms with Gasteiger partial charge >= 0.3 is 11.9 Å². The summed E-state index contributed by atoms with van der Waals surface area (Å²) >= 11 is 0. The second-order valence-corrected chi connectivity index (χ2v) is 1.75. The van der Waals surface area contributed by atoms with Gasteiger partial charge in [-0.25, -0.2) is 9.59 Å². The molecule has 0 rings (SSSR count). The first-order chi connectivity index (χ1) is 5.36. The summed E-state index contributed by atoms with van der Waals surface area (Å²) in [6.45, 7) is 1.50. The van der Waals surface area contributed by atoms with Crippen LogP contribution in [0.25, 0.3) is 0 Å². The number of carbonyl (C=O) groups is 2. The molecule has 0 spiro atoms. The highest BCUT2D eigenvalue weighted by Crippen LogP contribution is 1.70. The lowest BCUT2D eigenvalue weighted by molar-refractivity contribution is -0.134. The summed E-state index contributed by atoms with van der Waals surface area (Å²) in [6, 6.07) is 0. The molecule has 5 N–H and O–H groups in total. The van der Waals surface area contributed by atoms with Crippen LogP contribution >= 0.6 is 0 Å². The highest BCUT2D eigenvalue weighted by Gasteiger charge is 1.88. The van der Waals surface area contributed by atoms with Gasteiger partial charge in [0.25, 0.3) is 0 Å². The van der Waals surface area contributed by atoms with Crippen molar-refractivity contribution in [2.75, 3.05) is 0 Å². The molecule has 70 valence electrons. The molecule has 0 amide bonds. The topological polar surface area (TPSA) is 121 Å². The number of hydrogen-bond donors (Lipinski definition) is 4. The van der Waals surface area contributed by atoms with Gasteiger partial charge in [-0.3, -0.25) is 0 Å². The number of nitrogens with two attached hydrogens (primary N) is 1. The average Bonchev–Trinajstić information content (AvgIpc) is 1.82. The molecule has 0 aliphatic rings. The van der Waals surface area contributed by atoms with Gasteiger partial charge in [0.2, 0.25) is 0 Å². The Morgan fingerprint density at radius 2 is 1.42 bits per heavy atom. The van der Waals surface area contributed by atoms with Crippen LogP contribution in [0.3, 0.4) is 0 Å². The first-order valence-corrected chi connectivity index (χ1v) is 2.94. The van der Waals surface area contributed by atoms with E-state index in [4.69, 9.17) is 15.3 Å². The van der Waals surface area contributed by atoms with Crippen LogP contribution in [0.5, 0.6) is 0 Å². The van der Waals surface area contributed by atoms with E-state index in [-0.39, 0.29) is 0 Å². The molecule has 12 heavy (non-hydrogen) atoms. The molecule has 1 unspecified atom stereocenters. The van der Waals surface area contributed by atoms with Crippen molar-refractivity contribution in [3.8, 4) is 0 Å². The average molecular weight is 177 g/mol. The molecule has 0 aliphatic carbocycles. The van der Waals surface area contributed by atoms with E-state index in [1.807, 2.05) is 0 Å². The van der Waals surface area contributed by atoms with Crippen LogP contribution in [-0.2, 0) is 9.59 Å². The third-order valence-corrected chi connectivity index (χ3v) is 0.368. The van der Waals surface area contributed by atoms with Gasteiger partial charge in [0.1, 0.15) is 0 Å². The van der Waals surface area contributed by atoms with E-state index < -0.39 is 18.2 Å². The summed E-state index contributed by atoms with van der Waals surface area (Å²) in [5.74, 6) is -2.51. The van der Waals surface area contributed by atoms with Crippen LogP contribution in [-0.4, -0.2) is 33.5 Å². The van der Waals surface area contributed by atoms with Crippen molar-refractivity contribution in [3.63, 3.8) is 0 Å². The summed E-state index contributed by atoms with van der Waals surface area (Å²) < 4.78 is 0. The minimum absolute atomic E-state index is 0.558. The largest absolute Gasteiger partial charge is 0.478 e. The number of carboxylic acid groups (broad SMARTS) is 2. The number of aliphatic hydroxyl groups excluding tert-OH is 1. The fourth-order valence-corrected chi connectivity index (χ4v) is 0.143. The van der Waals surface area contributed by atoms with Gasteiger partial charge in [-0.2, -0.15) is 0 Å². The first-order valence-electron chi connectivity index (χ1n) is 2.94. The van der Waals surface area contributed by atoms with Crippen molar-refractivity contribution in [1.82, 2.24) is 0 Å². The highest BCUT2D eigenvalue weighted by molar-refractivity contribution is 5.89. The van der Waals surface area contributed by atoms with E-state index in [1.54, 1.807) is 0 Å². The monoisotopic (exact) mass is 177 g/mol. The van der Waals surface area contributed by atoms with Crippen LogP contribution in [0, 0.1) is 0 Å². The van der Waals surface area contributed by atoms with Crippen LogP contribution in [0.15, 0.2) is 12.2 Å². The van der Waals surface area contributed by atoms with Gasteiger partial charge in [-0.1, -0.05) is 0 Å². The van der Waals surface area contributed by atoms with Gasteiger partial charge in [-0.15, -0.1) is 0 Å². The van der Waals surface area contributed by atoms with Gasteiger partial charge in [0.05, 0.1) is 6.23 Å². The maximum atomic E-state index is 9.55.